The predicted molar refractivity (Wildman–Crippen MR) is 99.9 cm³/mol. The van der Waals surface area contributed by atoms with Crippen LogP contribution in [-0.2, 0) is 11.2 Å². The first-order valence-electron chi connectivity index (χ1n) is 8.70. The third-order valence-corrected chi connectivity index (χ3v) is 3.99. The summed E-state index contributed by atoms with van der Waals surface area (Å²) >= 11 is 5.15. The van der Waals surface area contributed by atoms with E-state index in [0.717, 1.165) is 18.7 Å². The minimum Gasteiger partial charge on any atom is -0.489 e. The van der Waals surface area contributed by atoms with Gasteiger partial charge < -0.3 is 24.3 Å². The van der Waals surface area contributed by atoms with Crippen LogP contribution in [-0.4, -0.2) is 49.4 Å². The zero-order valence-electron chi connectivity index (χ0n) is 14.7. The number of carbonyl (C=O) groups excluding carboxylic acids is 1. The Hall–Kier alpha value is -2.35. The van der Waals surface area contributed by atoms with Gasteiger partial charge in [-0.05, 0) is 17.7 Å². The largest absolute Gasteiger partial charge is 0.489 e. The summed E-state index contributed by atoms with van der Waals surface area (Å²) in [5.41, 5.74) is 0.0362. The first kappa shape index (κ1) is 19.4. The minimum atomic E-state index is -0.912. The topological polar surface area (TPSA) is 78.9 Å². The molecule has 1 N–H and O–H groups in total. The summed E-state index contributed by atoms with van der Waals surface area (Å²) in [6.07, 6.45) is 2.30. The van der Waals surface area contributed by atoms with Gasteiger partial charge in [-0.1, -0.05) is 18.2 Å². The summed E-state index contributed by atoms with van der Waals surface area (Å²) in [6, 6.07) is 11.0. The van der Waals surface area contributed by atoms with E-state index in [1.54, 1.807) is 18.3 Å². The van der Waals surface area contributed by atoms with Gasteiger partial charge in [-0.3, -0.25) is 0 Å². The Morgan fingerprint density at radius 2 is 2.04 bits per heavy atom. The highest BCUT2D eigenvalue weighted by atomic mass is 35.5. The number of carbonyl (C=O) groups is 1. The maximum atomic E-state index is 10.7. The number of nitrogens with zero attached hydrogens (tertiary/aromatic N) is 1. The summed E-state index contributed by atoms with van der Waals surface area (Å²) in [4.78, 5) is 14.7. The molecule has 1 aromatic heterocycles. The Morgan fingerprint density at radius 1 is 1.22 bits per heavy atom. The van der Waals surface area contributed by atoms with Gasteiger partial charge in [-0.2, -0.15) is 0 Å². The highest BCUT2D eigenvalue weighted by Gasteiger charge is 2.15. The monoisotopic (exact) mass is 392 g/mol. The molecule has 144 valence electrons. The van der Waals surface area contributed by atoms with Gasteiger partial charge in [0.2, 0.25) is 5.88 Å². The molecule has 1 saturated heterocycles. The standard InChI is InChI=1S/C19H21ClN2O5/c20-19(23)27-18-6-5-14(11-22-18)7-9-25-16-3-1-2-4-17(16)26-13-15-12-21-8-10-24-15/h1-6,11,15,21H,7-10,12-13H2. The Kier molecular flexibility index (Phi) is 7.27. The van der Waals surface area contributed by atoms with E-state index in [0.29, 0.717) is 37.7 Å². The Morgan fingerprint density at radius 3 is 2.70 bits per heavy atom. The molecule has 27 heavy (non-hydrogen) atoms. The van der Waals surface area contributed by atoms with Crippen LogP contribution in [0.15, 0.2) is 42.6 Å². The SMILES string of the molecule is O=C(Cl)Oc1ccc(CCOc2ccccc2OCC2CNCCO2)cn1. The Balaban J connectivity index is 1.48. The van der Waals surface area contributed by atoms with E-state index in [1.165, 1.54) is 0 Å². The quantitative estimate of drug-likeness (QED) is 0.692. The number of morpholine rings is 1. The summed E-state index contributed by atoms with van der Waals surface area (Å²) < 4.78 is 22.1. The van der Waals surface area contributed by atoms with Crippen LogP contribution in [0.25, 0.3) is 0 Å². The molecule has 1 aliphatic rings. The van der Waals surface area contributed by atoms with E-state index in [4.69, 9.17) is 25.8 Å². The van der Waals surface area contributed by atoms with Crippen LogP contribution in [0.5, 0.6) is 17.4 Å². The number of hydrogen-bond acceptors (Lipinski definition) is 7. The number of aromatic nitrogens is 1. The van der Waals surface area contributed by atoms with Gasteiger partial charge in [-0.15, -0.1) is 0 Å². The number of rotatable bonds is 8. The van der Waals surface area contributed by atoms with Crippen LogP contribution < -0.4 is 19.5 Å². The lowest BCUT2D eigenvalue weighted by Crippen LogP contribution is -2.41. The molecule has 1 unspecified atom stereocenters. The highest BCUT2D eigenvalue weighted by Crippen LogP contribution is 2.27. The molecule has 3 rings (SSSR count). The summed E-state index contributed by atoms with van der Waals surface area (Å²) in [7, 11) is 0. The van der Waals surface area contributed by atoms with E-state index in [-0.39, 0.29) is 12.0 Å². The second-order valence-electron chi connectivity index (χ2n) is 5.90. The van der Waals surface area contributed by atoms with Gasteiger partial charge >= 0.3 is 5.43 Å². The highest BCUT2D eigenvalue weighted by molar-refractivity contribution is 6.61. The van der Waals surface area contributed by atoms with Crippen molar-refractivity contribution in [1.82, 2.24) is 10.3 Å². The molecular formula is C19H21ClN2O5. The normalized spacial score (nSPS) is 16.6. The van der Waals surface area contributed by atoms with Crippen molar-refractivity contribution in [3.63, 3.8) is 0 Å². The van der Waals surface area contributed by atoms with E-state index < -0.39 is 5.43 Å². The number of benzene rings is 1. The number of halogens is 1. The van der Waals surface area contributed by atoms with Crippen molar-refractivity contribution >= 4 is 17.0 Å². The molecule has 2 heterocycles. The Labute approximate surface area is 162 Å². The number of para-hydroxylation sites is 2. The maximum Gasteiger partial charge on any atom is 0.410 e. The number of pyridine rings is 1. The van der Waals surface area contributed by atoms with Gasteiger partial charge in [0.05, 0.1) is 13.2 Å². The molecule has 0 saturated carbocycles. The van der Waals surface area contributed by atoms with Crippen LogP contribution in [0.2, 0.25) is 0 Å². The van der Waals surface area contributed by atoms with E-state index in [9.17, 15) is 4.79 Å². The summed E-state index contributed by atoms with van der Waals surface area (Å²) in [5, 5.41) is 3.28. The summed E-state index contributed by atoms with van der Waals surface area (Å²) in [5.74, 6) is 1.54. The van der Waals surface area contributed by atoms with Gasteiger partial charge in [0.25, 0.3) is 0 Å². The molecule has 0 aliphatic carbocycles. The van der Waals surface area contributed by atoms with Crippen LogP contribution in [0.3, 0.4) is 0 Å². The predicted octanol–water partition coefficient (Wildman–Crippen LogP) is 2.81. The first-order valence-corrected chi connectivity index (χ1v) is 9.07. The molecular weight excluding hydrogens is 372 g/mol. The number of ether oxygens (including phenoxy) is 4. The first-order chi connectivity index (χ1) is 13.2. The second-order valence-corrected chi connectivity index (χ2v) is 6.21. The van der Waals surface area contributed by atoms with E-state index in [1.807, 2.05) is 24.3 Å². The van der Waals surface area contributed by atoms with Crippen molar-refractivity contribution in [2.24, 2.45) is 0 Å². The number of hydrogen-bond donors (Lipinski definition) is 1. The molecule has 1 aromatic carbocycles. The second kappa shape index (κ2) is 10.1. The van der Waals surface area contributed by atoms with Crippen molar-refractivity contribution in [3.05, 3.63) is 48.2 Å². The van der Waals surface area contributed by atoms with Crippen LogP contribution >= 0.6 is 11.6 Å². The average Bonchev–Trinajstić information content (AvgIpc) is 2.69. The van der Waals surface area contributed by atoms with Crippen molar-refractivity contribution in [2.75, 3.05) is 32.9 Å². The van der Waals surface area contributed by atoms with Crippen LogP contribution in [0.4, 0.5) is 4.79 Å². The van der Waals surface area contributed by atoms with Crippen LogP contribution in [0.1, 0.15) is 5.56 Å². The van der Waals surface area contributed by atoms with Crippen molar-refractivity contribution in [1.29, 1.82) is 0 Å². The lowest BCUT2D eigenvalue weighted by Gasteiger charge is -2.24. The molecule has 2 aromatic rings. The van der Waals surface area contributed by atoms with Crippen molar-refractivity contribution in [2.45, 2.75) is 12.5 Å². The Bertz CT molecular complexity index is 735. The molecule has 0 spiro atoms. The summed E-state index contributed by atoms with van der Waals surface area (Å²) in [6.45, 7) is 3.28. The minimum absolute atomic E-state index is 0.0403. The molecule has 0 bridgehead atoms. The fourth-order valence-corrected chi connectivity index (χ4v) is 2.66. The molecule has 1 aliphatic heterocycles. The molecule has 8 heteroatoms. The van der Waals surface area contributed by atoms with E-state index in [2.05, 4.69) is 15.0 Å². The van der Waals surface area contributed by atoms with Gasteiger partial charge in [0, 0.05) is 43.4 Å². The van der Waals surface area contributed by atoms with Gasteiger partial charge in [0.1, 0.15) is 12.7 Å². The van der Waals surface area contributed by atoms with Crippen molar-refractivity contribution < 1.29 is 23.7 Å². The zero-order chi connectivity index (χ0) is 18.9. The molecule has 1 atom stereocenters. The third-order valence-electron chi connectivity index (χ3n) is 3.91. The fourth-order valence-electron chi connectivity index (χ4n) is 2.58. The molecule has 0 amide bonds. The number of nitrogens with one attached hydrogen (secondary N) is 1. The fraction of sp³-hybridized carbons (Fsp3) is 0.368. The molecule has 1 fully saturated rings. The van der Waals surface area contributed by atoms with Crippen LogP contribution in [0, 0.1) is 0 Å². The lowest BCUT2D eigenvalue weighted by atomic mass is 10.2. The average molecular weight is 393 g/mol. The van der Waals surface area contributed by atoms with Gasteiger partial charge in [-0.25, -0.2) is 9.78 Å². The lowest BCUT2D eigenvalue weighted by molar-refractivity contribution is -0.000370. The van der Waals surface area contributed by atoms with Crippen molar-refractivity contribution in [3.8, 4) is 17.4 Å². The zero-order valence-corrected chi connectivity index (χ0v) is 15.5. The van der Waals surface area contributed by atoms with E-state index >= 15 is 0 Å². The third kappa shape index (κ3) is 6.39. The van der Waals surface area contributed by atoms with Gasteiger partial charge in [0.15, 0.2) is 11.5 Å². The maximum absolute atomic E-state index is 10.7. The molecule has 7 nitrogen and oxygen atoms in total. The smallest absolute Gasteiger partial charge is 0.410 e. The molecule has 0 radical (unpaired) electrons.